The molecule has 8 heteroatoms. The van der Waals surface area contributed by atoms with E-state index in [9.17, 15) is 13.0 Å². The summed E-state index contributed by atoms with van der Waals surface area (Å²) in [4.78, 5) is 0. The van der Waals surface area contributed by atoms with Crippen LogP contribution in [0.1, 0.15) is 0 Å². The minimum atomic E-state index is -4.68. The summed E-state index contributed by atoms with van der Waals surface area (Å²) >= 11 is 5.97. The second-order valence-electron chi connectivity index (χ2n) is 3.48. The van der Waals surface area contributed by atoms with Crippen LogP contribution in [0.4, 0.5) is 0 Å². The fourth-order valence-corrected chi connectivity index (χ4v) is 1.98. The van der Waals surface area contributed by atoms with E-state index < -0.39 is 10.4 Å². The predicted octanol–water partition coefficient (Wildman–Crippen LogP) is 0.652. The van der Waals surface area contributed by atoms with Crippen LogP contribution in [0.2, 0.25) is 5.15 Å². The summed E-state index contributed by atoms with van der Waals surface area (Å²) in [6.07, 6.45) is 0. The molecule has 0 fully saturated rings. The standard InChI is InChI=1S/C10H9ClN2O4S/c11-10-7-8-3-1-2-4-9(8)12-13(10)5-6-17-18(14,15)16/h1-4,7H,5-6H2. The third-order valence-corrected chi connectivity index (χ3v) is 2.98. The quantitative estimate of drug-likeness (QED) is 0.469. The van der Waals surface area contributed by atoms with Gasteiger partial charge in [-0.15, -0.1) is 0 Å². The molecule has 0 amide bonds. The van der Waals surface area contributed by atoms with E-state index >= 15 is 0 Å². The minimum absolute atomic E-state index is 0.0745. The van der Waals surface area contributed by atoms with E-state index in [-0.39, 0.29) is 13.2 Å². The molecule has 0 radical (unpaired) electrons. The SMILES string of the molecule is O=S(=O)([O-])OCC[n+]1nc2ccccc2cc1Cl. The highest BCUT2D eigenvalue weighted by Crippen LogP contribution is 2.12. The van der Waals surface area contributed by atoms with Gasteiger partial charge in [0.1, 0.15) is 12.1 Å². The number of rotatable bonds is 4. The van der Waals surface area contributed by atoms with Gasteiger partial charge in [0.05, 0.1) is 0 Å². The van der Waals surface area contributed by atoms with Crippen LogP contribution in [-0.4, -0.2) is 24.7 Å². The maximum absolute atomic E-state index is 10.3. The largest absolute Gasteiger partial charge is 0.726 e. The van der Waals surface area contributed by atoms with Crippen LogP contribution in [-0.2, 0) is 21.1 Å². The van der Waals surface area contributed by atoms with Crippen molar-refractivity contribution < 1.29 is 21.8 Å². The lowest BCUT2D eigenvalue weighted by atomic mass is 10.2. The zero-order chi connectivity index (χ0) is 13.2. The Bertz CT molecular complexity index is 675. The average Bonchev–Trinajstić information content (AvgIpc) is 2.28. The van der Waals surface area contributed by atoms with E-state index in [0.29, 0.717) is 10.7 Å². The summed E-state index contributed by atoms with van der Waals surface area (Å²) in [5.74, 6) is 0. The number of hydrogen-bond donors (Lipinski definition) is 0. The van der Waals surface area contributed by atoms with Crippen LogP contribution in [0.25, 0.3) is 10.9 Å². The first-order valence-corrected chi connectivity index (χ1v) is 6.72. The molecule has 1 aromatic carbocycles. The summed E-state index contributed by atoms with van der Waals surface area (Å²) in [6.45, 7) is -0.229. The zero-order valence-electron chi connectivity index (χ0n) is 9.11. The Morgan fingerprint density at radius 3 is 2.83 bits per heavy atom. The number of benzene rings is 1. The van der Waals surface area contributed by atoms with E-state index in [1.54, 1.807) is 12.1 Å². The van der Waals surface area contributed by atoms with Crippen LogP contribution in [0.3, 0.4) is 0 Å². The van der Waals surface area contributed by atoms with Crippen molar-refractivity contribution in [2.24, 2.45) is 0 Å². The molecule has 0 spiro atoms. The van der Waals surface area contributed by atoms with Crippen molar-refractivity contribution in [2.45, 2.75) is 6.54 Å². The van der Waals surface area contributed by atoms with E-state index in [4.69, 9.17) is 11.6 Å². The molecule has 0 saturated carbocycles. The van der Waals surface area contributed by atoms with Crippen molar-refractivity contribution in [3.05, 3.63) is 35.5 Å². The lowest BCUT2D eigenvalue weighted by Gasteiger charge is -2.05. The predicted molar refractivity (Wildman–Crippen MR) is 62.6 cm³/mol. The molecule has 0 aliphatic rings. The van der Waals surface area contributed by atoms with Gasteiger partial charge in [-0.1, -0.05) is 22.9 Å². The first kappa shape index (κ1) is 13.2. The number of hydrogen-bond acceptors (Lipinski definition) is 5. The van der Waals surface area contributed by atoms with Crippen LogP contribution < -0.4 is 4.68 Å². The molecule has 1 heterocycles. The van der Waals surface area contributed by atoms with E-state index in [1.165, 1.54) is 4.68 Å². The van der Waals surface area contributed by atoms with Crippen molar-refractivity contribution in [1.82, 2.24) is 5.10 Å². The van der Waals surface area contributed by atoms with Gasteiger partial charge in [0.2, 0.25) is 16.9 Å². The lowest BCUT2D eigenvalue weighted by molar-refractivity contribution is -0.749. The molecule has 0 bridgehead atoms. The van der Waals surface area contributed by atoms with Gasteiger partial charge in [0.25, 0.3) is 0 Å². The molecule has 0 N–H and O–H groups in total. The van der Waals surface area contributed by atoms with E-state index in [2.05, 4.69) is 9.28 Å². The highest BCUT2D eigenvalue weighted by Gasteiger charge is 2.13. The van der Waals surface area contributed by atoms with Gasteiger partial charge in [0.15, 0.2) is 0 Å². The maximum Gasteiger partial charge on any atom is 0.301 e. The van der Waals surface area contributed by atoms with Gasteiger partial charge >= 0.3 is 5.15 Å². The number of halogens is 1. The molecular formula is C10H9ClN2O4S. The molecule has 96 valence electrons. The fraction of sp³-hybridized carbons (Fsp3) is 0.200. The van der Waals surface area contributed by atoms with Crippen LogP contribution in [0, 0.1) is 0 Å². The van der Waals surface area contributed by atoms with Crippen LogP contribution in [0.5, 0.6) is 0 Å². The smallest absolute Gasteiger partial charge is 0.301 e. The third kappa shape index (κ3) is 3.36. The van der Waals surface area contributed by atoms with Crippen LogP contribution in [0.15, 0.2) is 30.3 Å². The van der Waals surface area contributed by atoms with Gasteiger partial charge in [-0.2, -0.15) is 0 Å². The fourth-order valence-electron chi connectivity index (χ4n) is 1.46. The number of fused-ring (bicyclic) bond motifs is 1. The summed E-state index contributed by atoms with van der Waals surface area (Å²) < 4.78 is 36.3. The Morgan fingerprint density at radius 2 is 2.11 bits per heavy atom. The molecule has 0 unspecified atom stereocenters. The third-order valence-electron chi connectivity index (χ3n) is 2.22. The van der Waals surface area contributed by atoms with Gasteiger partial charge in [-0.05, 0) is 17.7 Å². The summed E-state index contributed by atoms with van der Waals surface area (Å²) in [5.41, 5.74) is 0.715. The molecule has 6 nitrogen and oxygen atoms in total. The Morgan fingerprint density at radius 1 is 1.39 bits per heavy atom. The van der Waals surface area contributed by atoms with Crippen molar-refractivity contribution >= 4 is 32.9 Å². The topological polar surface area (TPSA) is 83.2 Å². The summed E-state index contributed by atoms with van der Waals surface area (Å²) in [6, 6.07) is 9.05. The molecule has 0 saturated heterocycles. The Kier molecular flexibility index (Phi) is 3.76. The zero-order valence-corrected chi connectivity index (χ0v) is 10.7. The van der Waals surface area contributed by atoms with Crippen molar-refractivity contribution in [2.75, 3.05) is 6.61 Å². The molecule has 2 aromatic rings. The normalized spacial score (nSPS) is 11.9. The molecule has 1 aromatic heterocycles. The van der Waals surface area contributed by atoms with Gasteiger partial charge in [0, 0.05) is 16.6 Å². The van der Waals surface area contributed by atoms with Gasteiger partial charge in [-0.25, -0.2) is 8.42 Å². The first-order valence-electron chi connectivity index (χ1n) is 5.01. The maximum atomic E-state index is 10.3. The van der Waals surface area contributed by atoms with Gasteiger partial charge in [-0.3, -0.25) is 4.18 Å². The van der Waals surface area contributed by atoms with Crippen molar-refractivity contribution in [1.29, 1.82) is 0 Å². The molecule has 0 aliphatic carbocycles. The molecule has 2 rings (SSSR count). The number of nitrogens with zero attached hydrogens (tertiary/aromatic N) is 2. The highest BCUT2D eigenvalue weighted by molar-refractivity contribution is 7.80. The van der Waals surface area contributed by atoms with E-state index in [1.807, 2.05) is 18.2 Å². The molecule has 0 aliphatic heterocycles. The Labute approximate surface area is 109 Å². The average molecular weight is 289 g/mol. The summed E-state index contributed by atoms with van der Waals surface area (Å²) in [7, 11) is -4.68. The molecular weight excluding hydrogens is 280 g/mol. The Hall–Kier alpha value is -1.28. The molecule has 18 heavy (non-hydrogen) atoms. The van der Waals surface area contributed by atoms with Crippen molar-refractivity contribution in [3.63, 3.8) is 0 Å². The molecule has 0 atom stereocenters. The van der Waals surface area contributed by atoms with Crippen LogP contribution >= 0.6 is 11.6 Å². The van der Waals surface area contributed by atoms with E-state index in [0.717, 1.165) is 5.39 Å². The minimum Gasteiger partial charge on any atom is -0.726 e. The Balaban J connectivity index is 2.20. The summed E-state index contributed by atoms with van der Waals surface area (Å²) in [5, 5.41) is 5.41. The second kappa shape index (κ2) is 5.15. The monoisotopic (exact) mass is 288 g/mol. The lowest BCUT2D eigenvalue weighted by Crippen LogP contribution is -2.41. The van der Waals surface area contributed by atoms with Crippen molar-refractivity contribution in [3.8, 4) is 0 Å². The van der Waals surface area contributed by atoms with Gasteiger partial charge < -0.3 is 4.55 Å². The highest BCUT2D eigenvalue weighted by atomic mass is 35.5. The number of aromatic nitrogens is 2. The second-order valence-corrected chi connectivity index (χ2v) is 4.92. The first-order chi connectivity index (χ1) is 8.46.